The van der Waals surface area contributed by atoms with E-state index in [-0.39, 0.29) is 17.3 Å². The van der Waals surface area contributed by atoms with Crippen LogP contribution in [-0.2, 0) is 11.3 Å². The Labute approximate surface area is 239 Å². The molecule has 0 aliphatic carbocycles. The van der Waals surface area contributed by atoms with E-state index in [1.54, 1.807) is 36.4 Å². The molecule has 2 aromatic carbocycles. The van der Waals surface area contributed by atoms with Gasteiger partial charge in [-0.25, -0.2) is 14.8 Å². The van der Waals surface area contributed by atoms with Gasteiger partial charge in [-0.2, -0.15) is 0 Å². The summed E-state index contributed by atoms with van der Waals surface area (Å²) >= 11 is 2.87. The average Bonchev–Trinajstić information content (AvgIpc) is 3.60. The smallest absolute Gasteiger partial charge is 0.345 e. The number of nitrogens with zero attached hydrogens (tertiary/aromatic N) is 4. The van der Waals surface area contributed by atoms with Gasteiger partial charge in [0.15, 0.2) is 0 Å². The molecule has 4 aromatic heterocycles. The first-order valence-corrected chi connectivity index (χ1v) is 14.3. The topological polar surface area (TPSA) is 88.3 Å². The Hall–Kier alpha value is -4.34. The minimum atomic E-state index is -0.980. The Morgan fingerprint density at radius 3 is 2.38 bits per heavy atom. The second-order valence-corrected chi connectivity index (χ2v) is 12.1. The van der Waals surface area contributed by atoms with Crippen molar-refractivity contribution in [1.29, 1.82) is 0 Å². The van der Waals surface area contributed by atoms with E-state index in [1.165, 1.54) is 11.3 Å². The monoisotopic (exact) mass is 566 g/mol. The Morgan fingerprint density at radius 2 is 1.70 bits per heavy atom. The average molecular weight is 567 g/mol. The summed E-state index contributed by atoms with van der Waals surface area (Å²) in [6, 6.07) is 21.8. The van der Waals surface area contributed by atoms with Gasteiger partial charge in [-0.3, -0.25) is 4.79 Å². The molecule has 200 valence electrons. The molecule has 0 aliphatic heterocycles. The Kier molecular flexibility index (Phi) is 6.48. The van der Waals surface area contributed by atoms with E-state index < -0.39 is 5.97 Å². The molecule has 0 bridgehead atoms. The Bertz CT molecular complexity index is 1930. The van der Waals surface area contributed by atoms with Crippen LogP contribution in [0.2, 0.25) is 0 Å². The van der Waals surface area contributed by atoms with Crippen molar-refractivity contribution in [2.75, 3.05) is 14.1 Å². The van der Waals surface area contributed by atoms with Crippen LogP contribution in [0, 0.1) is 13.8 Å². The summed E-state index contributed by atoms with van der Waals surface area (Å²) in [6.45, 7) is 4.09. The van der Waals surface area contributed by atoms with Crippen molar-refractivity contribution in [3.8, 4) is 33.0 Å². The summed E-state index contributed by atoms with van der Waals surface area (Å²) in [5.41, 5.74) is 7.15. The molecule has 6 rings (SSSR count). The minimum Gasteiger partial charge on any atom is -0.477 e. The molecule has 1 N–H and O–H groups in total. The van der Waals surface area contributed by atoms with E-state index in [4.69, 9.17) is 4.98 Å². The van der Waals surface area contributed by atoms with E-state index in [0.29, 0.717) is 0 Å². The molecule has 0 saturated heterocycles. The number of rotatable bonds is 6. The molecule has 0 aliphatic rings. The zero-order chi connectivity index (χ0) is 28.1. The van der Waals surface area contributed by atoms with Crippen LogP contribution in [0.1, 0.15) is 20.4 Å². The van der Waals surface area contributed by atoms with Gasteiger partial charge in [-0.15, -0.1) is 22.7 Å². The fourth-order valence-electron chi connectivity index (χ4n) is 5.01. The molecular formula is C31H26N4O3S2. The highest BCUT2D eigenvalue weighted by molar-refractivity contribution is 7.21. The van der Waals surface area contributed by atoms with Gasteiger partial charge in [0.2, 0.25) is 5.91 Å². The van der Waals surface area contributed by atoms with Gasteiger partial charge in [-0.05, 0) is 49.2 Å². The summed E-state index contributed by atoms with van der Waals surface area (Å²) in [5, 5.41) is 11.8. The first-order chi connectivity index (χ1) is 19.2. The van der Waals surface area contributed by atoms with Crippen LogP contribution < -0.4 is 0 Å². The van der Waals surface area contributed by atoms with Crippen LogP contribution in [0.3, 0.4) is 0 Å². The Morgan fingerprint density at radius 1 is 0.925 bits per heavy atom. The SMILES string of the molecule is Cc1nc(C)c(-c2ccc3cc(-c4c(-c5ccccc5)c5sc(C(=O)O)cc5n4CC(=O)N(C)C)ccc3n2)s1. The lowest BCUT2D eigenvalue weighted by Gasteiger charge is -2.16. The summed E-state index contributed by atoms with van der Waals surface area (Å²) < 4.78 is 2.80. The Balaban J connectivity index is 1.59. The maximum Gasteiger partial charge on any atom is 0.345 e. The number of thiophene rings is 1. The number of aromatic carboxylic acids is 1. The number of pyridine rings is 1. The van der Waals surface area contributed by atoms with Crippen molar-refractivity contribution in [3.63, 3.8) is 0 Å². The number of hydrogen-bond acceptors (Lipinski definition) is 6. The van der Waals surface area contributed by atoms with Crippen molar-refractivity contribution >= 4 is 55.7 Å². The van der Waals surface area contributed by atoms with Crippen LogP contribution in [0.4, 0.5) is 0 Å². The summed E-state index contributed by atoms with van der Waals surface area (Å²) in [5.74, 6) is -1.06. The van der Waals surface area contributed by atoms with Gasteiger partial charge in [0.1, 0.15) is 11.4 Å². The van der Waals surface area contributed by atoms with Crippen LogP contribution in [0.15, 0.2) is 66.7 Å². The summed E-state index contributed by atoms with van der Waals surface area (Å²) in [7, 11) is 3.45. The zero-order valence-electron chi connectivity index (χ0n) is 22.4. The lowest BCUT2D eigenvalue weighted by Crippen LogP contribution is -2.26. The van der Waals surface area contributed by atoms with Crippen LogP contribution >= 0.6 is 22.7 Å². The molecule has 40 heavy (non-hydrogen) atoms. The molecule has 1 amide bonds. The van der Waals surface area contributed by atoms with Gasteiger partial charge < -0.3 is 14.6 Å². The zero-order valence-corrected chi connectivity index (χ0v) is 24.1. The highest BCUT2D eigenvalue weighted by atomic mass is 32.1. The molecule has 0 fully saturated rings. The van der Waals surface area contributed by atoms with Crippen LogP contribution in [0.5, 0.6) is 0 Å². The van der Waals surface area contributed by atoms with Crippen molar-refractivity contribution in [2.45, 2.75) is 20.4 Å². The van der Waals surface area contributed by atoms with Crippen molar-refractivity contribution in [1.82, 2.24) is 19.4 Å². The number of thiazole rings is 1. The third-order valence-electron chi connectivity index (χ3n) is 6.90. The molecule has 0 atom stereocenters. The lowest BCUT2D eigenvalue weighted by atomic mass is 10.00. The number of carboxylic acid groups (broad SMARTS) is 1. The maximum absolute atomic E-state index is 13.0. The number of aromatic nitrogens is 3. The molecule has 0 spiro atoms. The number of hydrogen-bond donors (Lipinski definition) is 1. The van der Waals surface area contributed by atoms with Crippen molar-refractivity contribution < 1.29 is 14.7 Å². The number of carbonyl (C=O) groups excluding carboxylic acids is 1. The van der Waals surface area contributed by atoms with Crippen LogP contribution in [0.25, 0.3) is 54.1 Å². The quantitative estimate of drug-likeness (QED) is 0.232. The van der Waals surface area contributed by atoms with E-state index in [0.717, 1.165) is 64.8 Å². The second-order valence-electron chi connectivity index (χ2n) is 9.85. The maximum atomic E-state index is 13.0. The van der Waals surface area contributed by atoms with E-state index >= 15 is 0 Å². The first-order valence-electron chi connectivity index (χ1n) is 12.7. The van der Waals surface area contributed by atoms with Crippen molar-refractivity contribution in [3.05, 3.63) is 82.3 Å². The highest BCUT2D eigenvalue weighted by Gasteiger charge is 2.25. The molecular weight excluding hydrogens is 541 g/mol. The number of aryl methyl sites for hydroxylation is 2. The number of amides is 1. The van der Waals surface area contributed by atoms with Crippen molar-refractivity contribution in [2.24, 2.45) is 0 Å². The largest absolute Gasteiger partial charge is 0.477 e. The van der Waals surface area contributed by atoms with Gasteiger partial charge in [-0.1, -0.05) is 42.5 Å². The number of carbonyl (C=O) groups is 2. The fraction of sp³-hybridized carbons (Fsp3) is 0.161. The van der Waals surface area contributed by atoms with Gasteiger partial charge >= 0.3 is 5.97 Å². The van der Waals surface area contributed by atoms with E-state index in [9.17, 15) is 14.7 Å². The van der Waals surface area contributed by atoms with Gasteiger partial charge in [0, 0.05) is 25.0 Å². The normalized spacial score (nSPS) is 11.4. The second kappa shape index (κ2) is 10.0. The van der Waals surface area contributed by atoms with E-state index in [1.807, 2.05) is 66.9 Å². The molecule has 9 heteroatoms. The highest BCUT2D eigenvalue weighted by Crippen LogP contribution is 2.45. The standard InChI is InChI=1S/C31H26N4O3S2/c1-17-29(39-18(2)32-17)23-13-10-20-14-21(11-12-22(20)33-23)28-27(19-8-6-5-7-9-19)30-24(15-25(40-30)31(37)38)35(28)16-26(36)34(3)4/h5-15H,16H2,1-4H3,(H,37,38). The number of fused-ring (bicyclic) bond motifs is 2. The molecule has 4 heterocycles. The van der Waals surface area contributed by atoms with Gasteiger partial charge in [0.05, 0.1) is 42.7 Å². The van der Waals surface area contributed by atoms with E-state index in [2.05, 4.69) is 17.1 Å². The van der Waals surface area contributed by atoms with Crippen LogP contribution in [-0.4, -0.2) is 50.5 Å². The fourth-order valence-corrected chi connectivity index (χ4v) is 6.97. The minimum absolute atomic E-state index is 0.0804. The summed E-state index contributed by atoms with van der Waals surface area (Å²) in [6.07, 6.45) is 0. The molecule has 6 aromatic rings. The summed E-state index contributed by atoms with van der Waals surface area (Å²) in [4.78, 5) is 37.3. The number of likely N-dealkylation sites (N-methyl/N-ethyl adjacent to an activating group) is 1. The molecule has 0 saturated carbocycles. The molecule has 0 unspecified atom stereocenters. The third kappa shape index (κ3) is 4.47. The number of carboxylic acids is 1. The number of benzene rings is 2. The lowest BCUT2D eigenvalue weighted by molar-refractivity contribution is -0.129. The third-order valence-corrected chi connectivity index (χ3v) is 9.13. The predicted molar refractivity (Wildman–Crippen MR) is 162 cm³/mol. The molecule has 7 nitrogen and oxygen atoms in total. The molecule has 0 radical (unpaired) electrons. The predicted octanol–water partition coefficient (Wildman–Crippen LogP) is 7.11. The first kappa shape index (κ1) is 25.9. The van der Waals surface area contributed by atoms with Gasteiger partial charge in [0.25, 0.3) is 0 Å².